The maximum atomic E-state index is 11.0. The molecule has 0 saturated heterocycles. The lowest BCUT2D eigenvalue weighted by Gasteiger charge is -2.16. The van der Waals surface area contributed by atoms with E-state index in [4.69, 9.17) is 20.9 Å². The van der Waals surface area contributed by atoms with Crippen LogP contribution in [-0.4, -0.2) is 19.2 Å². The van der Waals surface area contributed by atoms with Crippen molar-refractivity contribution in [1.82, 2.24) is 0 Å². The minimum atomic E-state index is -0.419. The van der Waals surface area contributed by atoms with E-state index in [0.29, 0.717) is 31.0 Å². The number of nitrogens with two attached hydrogens (primary N) is 2. The molecule has 1 aromatic carbocycles. The lowest BCUT2D eigenvalue weighted by atomic mass is 9.90. The second-order valence-corrected chi connectivity index (χ2v) is 7.22. The van der Waals surface area contributed by atoms with Crippen LogP contribution in [0, 0.1) is 0 Å². The number of esters is 1. The van der Waals surface area contributed by atoms with Crippen molar-refractivity contribution in [1.29, 1.82) is 0 Å². The molecule has 0 spiro atoms. The molecule has 0 aromatic heterocycles. The first-order chi connectivity index (χ1) is 14.9. The van der Waals surface area contributed by atoms with Gasteiger partial charge in [-0.05, 0) is 71.9 Å². The SMILES string of the molecule is C=CC(=O)OCCCOC(C=CC(=C)C1=CC=C(c2cc(N)cc(N)c2)CC1)=CCC. The Morgan fingerprint density at radius 1 is 1.06 bits per heavy atom. The van der Waals surface area contributed by atoms with Crippen LogP contribution in [0.1, 0.15) is 38.2 Å². The molecular formula is C26H32N2O3. The molecule has 0 aliphatic heterocycles. The fraction of sp³-hybridized carbons (Fsp3) is 0.269. The molecule has 0 unspecified atom stereocenters. The molecule has 2 rings (SSSR count). The molecule has 4 N–H and O–H groups in total. The minimum Gasteiger partial charge on any atom is -0.494 e. The zero-order valence-electron chi connectivity index (χ0n) is 18.2. The summed E-state index contributed by atoms with van der Waals surface area (Å²) in [6, 6.07) is 5.67. The van der Waals surface area contributed by atoms with E-state index in [0.717, 1.165) is 42.2 Å². The summed E-state index contributed by atoms with van der Waals surface area (Å²) in [5.74, 6) is 0.360. The number of ether oxygens (including phenoxy) is 2. The van der Waals surface area contributed by atoms with Crippen molar-refractivity contribution in [3.05, 3.63) is 90.3 Å². The second-order valence-electron chi connectivity index (χ2n) is 7.22. The summed E-state index contributed by atoms with van der Waals surface area (Å²) in [5, 5.41) is 0. The summed E-state index contributed by atoms with van der Waals surface area (Å²) < 4.78 is 10.7. The Morgan fingerprint density at radius 3 is 2.39 bits per heavy atom. The fourth-order valence-electron chi connectivity index (χ4n) is 3.15. The highest BCUT2D eigenvalue weighted by Crippen LogP contribution is 2.31. The Morgan fingerprint density at radius 2 is 1.77 bits per heavy atom. The standard InChI is InChI=1S/C26H32N2O3/c1-4-7-25(30-14-6-15-31-26(29)5-2)13-8-19(3)20-9-11-21(12-10-20)22-16-23(27)18-24(28)17-22/h5,7-9,11,13,16-18H,2-4,6,10,12,14-15,27-28H2,1H3. The third-order valence-corrected chi connectivity index (χ3v) is 4.73. The van der Waals surface area contributed by atoms with Gasteiger partial charge in [-0.1, -0.05) is 38.3 Å². The van der Waals surface area contributed by atoms with Crippen LogP contribution in [0.2, 0.25) is 0 Å². The first-order valence-electron chi connectivity index (χ1n) is 10.5. The molecule has 0 atom stereocenters. The molecule has 0 bridgehead atoms. The summed E-state index contributed by atoms with van der Waals surface area (Å²) in [6.07, 6.45) is 14.5. The number of carbonyl (C=O) groups is 1. The molecule has 1 aliphatic rings. The lowest BCUT2D eigenvalue weighted by Crippen LogP contribution is -2.05. The van der Waals surface area contributed by atoms with Gasteiger partial charge in [-0.15, -0.1) is 0 Å². The average molecular weight is 421 g/mol. The van der Waals surface area contributed by atoms with Crippen molar-refractivity contribution in [2.24, 2.45) is 0 Å². The van der Waals surface area contributed by atoms with Crippen LogP contribution in [0.3, 0.4) is 0 Å². The molecule has 0 heterocycles. The number of benzene rings is 1. The third kappa shape index (κ3) is 8.05. The van der Waals surface area contributed by atoms with E-state index in [1.165, 1.54) is 11.1 Å². The van der Waals surface area contributed by atoms with Crippen LogP contribution in [0.25, 0.3) is 5.57 Å². The predicted molar refractivity (Wildman–Crippen MR) is 129 cm³/mol. The van der Waals surface area contributed by atoms with E-state index in [2.05, 4.69) is 32.2 Å². The van der Waals surface area contributed by atoms with Gasteiger partial charge in [-0.3, -0.25) is 0 Å². The van der Waals surface area contributed by atoms with Crippen LogP contribution in [-0.2, 0) is 14.3 Å². The molecular weight excluding hydrogens is 388 g/mol. The number of allylic oxidation sites excluding steroid dienone is 8. The van der Waals surface area contributed by atoms with Crippen molar-refractivity contribution < 1.29 is 14.3 Å². The van der Waals surface area contributed by atoms with Gasteiger partial charge in [0.1, 0.15) is 5.76 Å². The van der Waals surface area contributed by atoms with Crippen LogP contribution in [0.4, 0.5) is 11.4 Å². The molecule has 5 nitrogen and oxygen atoms in total. The molecule has 0 saturated carbocycles. The van der Waals surface area contributed by atoms with E-state index in [1.54, 1.807) is 6.07 Å². The maximum absolute atomic E-state index is 11.0. The number of hydrogen-bond acceptors (Lipinski definition) is 5. The monoisotopic (exact) mass is 420 g/mol. The number of hydrogen-bond donors (Lipinski definition) is 2. The van der Waals surface area contributed by atoms with Crippen molar-refractivity contribution in [2.45, 2.75) is 32.6 Å². The van der Waals surface area contributed by atoms with Gasteiger partial charge >= 0.3 is 5.97 Å². The first-order valence-corrected chi connectivity index (χ1v) is 10.5. The number of rotatable bonds is 11. The van der Waals surface area contributed by atoms with E-state index in [9.17, 15) is 4.79 Å². The molecule has 1 aliphatic carbocycles. The highest BCUT2D eigenvalue weighted by molar-refractivity contribution is 5.81. The van der Waals surface area contributed by atoms with Crippen molar-refractivity contribution >= 4 is 22.9 Å². The molecule has 0 fully saturated rings. The highest BCUT2D eigenvalue weighted by atomic mass is 16.5. The Kier molecular flexibility index (Phi) is 9.43. The fourth-order valence-corrected chi connectivity index (χ4v) is 3.15. The van der Waals surface area contributed by atoms with Gasteiger partial charge in [0, 0.05) is 23.9 Å². The van der Waals surface area contributed by atoms with Gasteiger partial charge in [0.05, 0.1) is 13.2 Å². The van der Waals surface area contributed by atoms with Gasteiger partial charge in [-0.25, -0.2) is 4.79 Å². The lowest BCUT2D eigenvalue weighted by molar-refractivity contribution is -0.138. The largest absolute Gasteiger partial charge is 0.494 e. The van der Waals surface area contributed by atoms with Crippen molar-refractivity contribution in [2.75, 3.05) is 24.7 Å². The Bertz CT molecular complexity index is 916. The average Bonchev–Trinajstić information content (AvgIpc) is 2.76. The third-order valence-electron chi connectivity index (χ3n) is 4.73. The van der Waals surface area contributed by atoms with E-state index in [-0.39, 0.29) is 0 Å². The molecule has 0 amide bonds. The van der Waals surface area contributed by atoms with Crippen LogP contribution in [0.5, 0.6) is 0 Å². The van der Waals surface area contributed by atoms with E-state index >= 15 is 0 Å². The number of nitrogen functional groups attached to an aromatic ring is 2. The smallest absolute Gasteiger partial charge is 0.330 e. The molecule has 0 radical (unpaired) electrons. The van der Waals surface area contributed by atoms with E-state index < -0.39 is 5.97 Å². The number of carbonyl (C=O) groups excluding carboxylic acids is 1. The van der Waals surface area contributed by atoms with Gasteiger partial charge in [0.15, 0.2) is 0 Å². The number of anilines is 2. The van der Waals surface area contributed by atoms with Crippen LogP contribution in [0.15, 0.2) is 84.7 Å². The summed E-state index contributed by atoms with van der Waals surface area (Å²) in [7, 11) is 0. The zero-order chi connectivity index (χ0) is 22.6. The van der Waals surface area contributed by atoms with Gasteiger partial charge in [-0.2, -0.15) is 0 Å². The first kappa shape index (κ1) is 23.8. The van der Waals surface area contributed by atoms with Gasteiger partial charge in [0.25, 0.3) is 0 Å². The molecule has 164 valence electrons. The predicted octanol–water partition coefficient (Wildman–Crippen LogP) is 5.50. The Hall–Kier alpha value is -3.47. The second kappa shape index (κ2) is 12.3. The van der Waals surface area contributed by atoms with Crippen molar-refractivity contribution in [3.63, 3.8) is 0 Å². The zero-order valence-corrected chi connectivity index (χ0v) is 18.2. The van der Waals surface area contributed by atoms with Gasteiger partial charge < -0.3 is 20.9 Å². The van der Waals surface area contributed by atoms with Crippen molar-refractivity contribution in [3.8, 4) is 0 Å². The van der Waals surface area contributed by atoms with E-state index in [1.807, 2.05) is 30.4 Å². The summed E-state index contributed by atoms with van der Waals surface area (Å²) in [4.78, 5) is 11.0. The van der Waals surface area contributed by atoms with Gasteiger partial charge in [0.2, 0.25) is 0 Å². The normalized spacial score (nSPS) is 14.0. The highest BCUT2D eigenvalue weighted by Gasteiger charge is 2.11. The molecule has 1 aromatic rings. The topological polar surface area (TPSA) is 87.6 Å². The summed E-state index contributed by atoms with van der Waals surface area (Å²) in [5.41, 5.74) is 17.6. The van der Waals surface area contributed by atoms with Crippen LogP contribution >= 0.6 is 0 Å². The van der Waals surface area contributed by atoms with Crippen LogP contribution < -0.4 is 11.5 Å². The summed E-state index contributed by atoms with van der Waals surface area (Å²) >= 11 is 0. The minimum absolute atomic E-state index is 0.306. The Balaban J connectivity index is 1.93. The Labute approximate surface area is 185 Å². The molecule has 31 heavy (non-hydrogen) atoms. The quantitative estimate of drug-likeness (QED) is 0.123. The summed E-state index contributed by atoms with van der Waals surface area (Å²) in [6.45, 7) is 10.4. The molecule has 5 heteroatoms. The maximum Gasteiger partial charge on any atom is 0.330 e.